The van der Waals surface area contributed by atoms with Gasteiger partial charge in [-0.15, -0.1) is 0 Å². The second kappa shape index (κ2) is 6.34. The number of carboxylic acids is 1. The molecule has 0 amide bonds. The standard InChI is InChI=1S/C17H22F2O4/c1-16(18,19)11-9-13(22-2)14(23-3)10-12(11)17(15(20)21)7-5-4-6-8-17/h9-10H,4-8H2,1-3H3,(H,20,21). The van der Waals surface area contributed by atoms with Gasteiger partial charge in [0.05, 0.1) is 19.6 Å². The van der Waals surface area contributed by atoms with E-state index in [2.05, 4.69) is 0 Å². The summed E-state index contributed by atoms with van der Waals surface area (Å²) < 4.78 is 38.6. The van der Waals surface area contributed by atoms with Crippen LogP contribution in [-0.2, 0) is 16.1 Å². The first-order valence-corrected chi connectivity index (χ1v) is 7.64. The van der Waals surface area contributed by atoms with E-state index in [4.69, 9.17) is 9.47 Å². The lowest BCUT2D eigenvalue weighted by Gasteiger charge is -2.36. The van der Waals surface area contributed by atoms with Gasteiger partial charge < -0.3 is 14.6 Å². The van der Waals surface area contributed by atoms with E-state index in [1.165, 1.54) is 26.4 Å². The zero-order valence-electron chi connectivity index (χ0n) is 13.6. The van der Waals surface area contributed by atoms with Crippen LogP contribution in [0.3, 0.4) is 0 Å². The largest absolute Gasteiger partial charge is 0.493 e. The third-order valence-electron chi connectivity index (χ3n) is 4.63. The smallest absolute Gasteiger partial charge is 0.314 e. The molecule has 1 aromatic carbocycles. The number of aliphatic carboxylic acids is 1. The molecule has 4 nitrogen and oxygen atoms in total. The Morgan fingerprint density at radius 3 is 2.09 bits per heavy atom. The molecular formula is C17H22F2O4. The number of halogens is 2. The number of alkyl halides is 2. The highest BCUT2D eigenvalue weighted by molar-refractivity contribution is 5.82. The topological polar surface area (TPSA) is 55.8 Å². The van der Waals surface area contributed by atoms with E-state index in [1.807, 2.05) is 0 Å². The van der Waals surface area contributed by atoms with Crippen LogP contribution in [0.1, 0.15) is 50.2 Å². The quantitative estimate of drug-likeness (QED) is 0.884. The maximum atomic E-state index is 14.2. The summed E-state index contributed by atoms with van der Waals surface area (Å²) in [7, 11) is 2.77. The van der Waals surface area contributed by atoms with Crippen molar-refractivity contribution in [1.82, 2.24) is 0 Å². The number of rotatable bonds is 5. The molecule has 0 bridgehead atoms. The molecule has 1 aromatic rings. The summed E-state index contributed by atoms with van der Waals surface area (Å²) in [6, 6.07) is 2.61. The fourth-order valence-corrected chi connectivity index (χ4v) is 3.39. The summed E-state index contributed by atoms with van der Waals surface area (Å²) in [5, 5.41) is 9.81. The fraction of sp³-hybridized carbons (Fsp3) is 0.588. The molecule has 0 aromatic heterocycles. The second-order valence-electron chi connectivity index (χ2n) is 6.09. The minimum absolute atomic E-state index is 0.134. The van der Waals surface area contributed by atoms with Crippen molar-refractivity contribution in [2.45, 2.75) is 50.4 Å². The Hall–Kier alpha value is -1.85. The first kappa shape index (κ1) is 17.5. The van der Waals surface area contributed by atoms with Crippen molar-refractivity contribution in [1.29, 1.82) is 0 Å². The summed E-state index contributed by atoms with van der Waals surface area (Å²) in [4.78, 5) is 12.0. The first-order valence-electron chi connectivity index (χ1n) is 7.64. The van der Waals surface area contributed by atoms with Crippen LogP contribution >= 0.6 is 0 Å². The van der Waals surface area contributed by atoms with Crippen LogP contribution in [0.5, 0.6) is 11.5 Å². The lowest BCUT2D eigenvalue weighted by atomic mass is 9.67. The third kappa shape index (κ3) is 3.12. The molecule has 0 spiro atoms. The summed E-state index contributed by atoms with van der Waals surface area (Å²) in [5.41, 5.74) is -1.47. The van der Waals surface area contributed by atoms with Gasteiger partial charge in [0.2, 0.25) is 0 Å². The Morgan fingerprint density at radius 1 is 1.13 bits per heavy atom. The molecule has 0 unspecified atom stereocenters. The predicted molar refractivity (Wildman–Crippen MR) is 81.5 cm³/mol. The molecule has 1 fully saturated rings. The van der Waals surface area contributed by atoms with Gasteiger partial charge in [0, 0.05) is 12.5 Å². The number of methoxy groups -OCH3 is 2. The number of benzene rings is 1. The summed E-state index contributed by atoms with van der Waals surface area (Å²) >= 11 is 0. The Bertz CT molecular complexity index is 587. The van der Waals surface area contributed by atoms with Crippen molar-refractivity contribution >= 4 is 5.97 Å². The van der Waals surface area contributed by atoms with Crippen molar-refractivity contribution in [2.24, 2.45) is 0 Å². The van der Waals surface area contributed by atoms with Crippen LogP contribution in [0, 0.1) is 0 Å². The molecule has 0 saturated heterocycles. The average molecular weight is 328 g/mol. The Labute approximate surface area is 134 Å². The van der Waals surface area contributed by atoms with Crippen LogP contribution < -0.4 is 9.47 Å². The highest BCUT2D eigenvalue weighted by atomic mass is 19.3. The van der Waals surface area contributed by atoms with Crippen LogP contribution in [0.15, 0.2) is 12.1 Å². The van der Waals surface area contributed by atoms with Gasteiger partial charge in [-0.1, -0.05) is 19.3 Å². The zero-order chi connectivity index (χ0) is 17.3. The van der Waals surface area contributed by atoms with E-state index in [0.717, 1.165) is 13.3 Å². The van der Waals surface area contributed by atoms with E-state index in [-0.39, 0.29) is 22.6 Å². The van der Waals surface area contributed by atoms with Gasteiger partial charge in [0.15, 0.2) is 11.5 Å². The summed E-state index contributed by atoms with van der Waals surface area (Å²) in [5.74, 6) is -3.80. The van der Waals surface area contributed by atoms with E-state index >= 15 is 0 Å². The van der Waals surface area contributed by atoms with Crippen LogP contribution in [0.2, 0.25) is 0 Å². The van der Waals surface area contributed by atoms with Crippen molar-refractivity contribution in [3.8, 4) is 11.5 Å². The van der Waals surface area contributed by atoms with Gasteiger partial charge in [0.1, 0.15) is 0 Å². The lowest BCUT2D eigenvalue weighted by Crippen LogP contribution is -2.39. The van der Waals surface area contributed by atoms with Crippen molar-refractivity contribution in [2.75, 3.05) is 14.2 Å². The molecule has 1 aliphatic carbocycles. The molecule has 0 aliphatic heterocycles. The summed E-state index contributed by atoms with van der Waals surface area (Å²) in [6.07, 6.45) is 3.02. The SMILES string of the molecule is COc1cc(C(C)(F)F)c(C2(C(=O)O)CCCCC2)cc1OC. The summed E-state index contributed by atoms with van der Waals surface area (Å²) in [6.45, 7) is 0.774. The molecule has 128 valence electrons. The number of hydrogen-bond acceptors (Lipinski definition) is 3. The van der Waals surface area contributed by atoms with Gasteiger partial charge in [-0.2, -0.15) is 0 Å². The van der Waals surface area contributed by atoms with Crippen LogP contribution in [-0.4, -0.2) is 25.3 Å². The highest BCUT2D eigenvalue weighted by Crippen LogP contribution is 2.48. The molecule has 0 heterocycles. The average Bonchev–Trinajstić information content (AvgIpc) is 2.53. The van der Waals surface area contributed by atoms with Crippen molar-refractivity contribution in [3.05, 3.63) is 23.3 Å². The minimum atomic E-state index is -3.17. The highest BCUT2D eigenvalue weighted by Gasteiger charge is 2.46. The van der Waals surface area contributed by atoms with Gasteiger partial charge in [-0.05, 0) is 30.5 Å². The molecular weight excluding hydrogens is 306 g/mol. The number of hydrogen-bond donors (Lipinski definition) is 1. The van der Waals surface area contributed by atoms with Gasteiger partial charge >= 0.3 is 5.97 Å². The lowest BCUT2D eigenvalue weighted by molar-refractivity contribution is -0.145. The molecule has 1 saturated carbocycles. The van der Waals surface area contributed by atoms with Crippen LogP contribution in [0.25, 0.3) is 0 Å². The predicted octanol–water partition coefficient (Wildman–Crippen LogP) is 4.10. The maximum absolute atomic E-state index is 14.2. The number of carbonyl (C=O) groups is 1. The Morgan fingerprint density at radius 2 is 1.65 bits per heavy atom. The van der Waals surface area contributed by atoms with Gasteiger partial charge in [-0.25, -0.2) is 8.78 Å². The molecule has 2 rings (SSSR count). The molecule has 6 heteroatoms. The second-order valence-corrected chi connectivity index (χ2v) is 6.09. The molecule has 23 heavy (non-hydrogen) atoms. The van der Waals surface area contributed by atoms with E-state index in [0.29, 0.717) is 25.7 Å². The fourth-order valence-electron chi connectivity index (χ4n) is 3.39. The maximum Gasteiger partial charge on any atom is 0.314 e. The van der Waals surface area contributed by atoms with E-state index in [1.54, 1.807) is 0 Å². The molecule has 1 N–H and O–H groups in total. The monoisotopic (exact) mass is 328 g/mol. The normalized spacial score (nSPS) is 17.6. The van der Waals surface area contributed by atoms with Crippen molar-refractivity contribution in [3.63, 3.8) is 0 Å². The first-order chi connectivity index (χ1) is 10.8. The molecule has 1 aliphatic rings. The van der Waals surface area contributed by atoms with E-state index in [9.17, 15) is 18.7 Å². The van der Waals surface area contributed by atoms with E-state index < -0.39 is 17.3 Å². The molecule has 0 radical (unpaired) electrons. The van der Waals surface area contributed by atoms with Crippen LogP contribution in [0.4, 0.5) is 8.78 Å². The number of carboxylic acid groups (broad SMARTS) is 1. The Kier molecular flexibility index (Phi) is 4.82. The van der Waals surface area contributed by atoms with Crippen molar-refractivity contribution < 1.29 is 28.2 Å². The number of ether oxygens (including phenoxy) is 2. The minimum Gasteiger partial charge on any atom is -0.493 e. The molecule has 0 atom stereocenters. The van der Waals surface area contributed by atoms with Gasteiger partial charge in [0.25, 0.3) is 5.92 Å². The van der Waals surface area contributed by atoms with Gasteiger partial charge in [-0.3, -0.25) is 4.79 Å². The Balaban J connectivity index is 2.74. The third-order valence-corrected chi connectivity index (χ3v) is 4.63. The zero-order valence-corrected chi connectivity index (χ0v) is 13.6.